The first-order chi connectivity index (χ1) is 18.1. The summed E-state index contributed by atoms with van der Waals surface area (Å²) in [5.41, 5.74) is 3.67. The van der Waals surface area contributed by atoms with Gasteiger partial charge in [0.2, 0.25) is 0 Å². The molecule has 3 aromatic carbocycles. The van der Waals surface area contributed by atoms with Crippen molar-refractivity contribution in [3.05, 3.63) is 94.6 Å². The van der Waals surface area contributed by atoms with Crippen molar-refractivity contribution in [2.24, 2.45) is 0 Å². The smallest absolute Gasteiger partial charge is 0.300 e. The van der Waals surface area contributed by atoms with Crippen molar-refractivity contribution in [3.8, 4) is 11.5 Å². The molecule has 0 spiro atoms. The van der Waals surface area contributed by atoms with Gasteiger partial charge in [-0.15, -0.1) is 0 Å². The highest BCUT2D eigenvalue weighted by Crippen LogP contribution is 2.43. The monoisotopic (exact) mass is 513 g/mol. The van der Waals surface area contributed by atoms with Crippen LogP contribution in [-0.2, 0) is 15.0 Å². The van der Waals surface area contributed by atoms with E-state index in [9.17, 15) is 14.7 Å². The van der Waals surface area contributed by atoms with Crippen LogP contribution in [0.1, 0.15) is 62.9 Å². The van der Waals surface area contributed by atoms with Gasteiger partial charge < -0.3 is 14.6 Å². The quantitative estimate of drug-likeness (QED) is 0.216. The molecule has 6 heteroatoms. The van der Waals surface area contributed by atoms with Crippen LogP contribution in [0, 0.1) is 6.92 Å². The number of aliphatic hydroxyl groups excluding tert-OH is 1. The largest absolute Gasteiger partial charge is 0.507 e. The van der Waals surface area contributed by atoms with E-state index in [0.29, 0.717) is 36.0 Å². The van der Waals surface area contributed by atoms with E-state index in [4.69, 9.17) is 9.47 Å². The minimum Gasteiger partial charge on any atom is -0.507 e. The predicted molar refractivity (Wildman–Crippen MR) is 150 cm³/mol. The number of aryl methyl sites for hydroxylation is 1. The normalized spacial score (nSPS) is 17.1. The highest BCUT2D eigenvalue weighted by atomic mass is 16.5. The first-order valence-electron chi connectivity index (χ1n) is 12.9. The highest BCUT2D eigenvalue weighted by Gasteiger charge is 2.47. The van der Waals surface area contributed by atoms with Crippen LogP contribution in [0.25, 0.3) is 5.76 Å². The molecule has 6 nitrogen and oxygen atoms in total. The maximum absolute atomic E-state index is 13.5. The molecule has 1 fully saturated rings. The van der Waals surface area contributed by atoms with Gasteiger partial charge in [0.1, 0.15) is 17.3 Å². The maximum Gasteiger partial charge on any atom is 0.300 e. The van der Waals surface area contributed by atoms with E-state index in [1.165, 1.54) is 4.90 Å². The summed E-state index contributed by atoms with van der Waals surface area (Å²) < 4.78 is 11.2. The third kappa shape index (κ3) is 5.17. The average molecular weight is 514 g/mol. The Kier molecular flexibility index (Phi) is 7.63. The molecule has 3 aromatic rings. The summed E-state index contributed by atoms with van der Waals surface area (Å²) >= 11 is 0. The number of rotatable bonds is 7. The molecule has 38 heavy (non-hydrogen) atoms. The number of hydrogen-bond acceptors (Lipinski definition) is 5. The van der Waals surface area contributed by atoms with Crippen molar-refractivity contribution in [2.75, 3.05) is 18.1 Å². The first kappa shape index (κ1) is 27.0. The second kappa shape index (κ2) is 10.7. The third-order valence-electron chi connectivity index (χ3n) is 6.71. The fourth-order valence-electron chi connectivity index (χ4n) is 4.72. The Labute approximate surface area is 224 Å². The van der Waals surface area contributed by atoms with Crippen LogP contribution in [0.4, 0.5) is 5.69 Å². The van der Waals surface area contributed by atoms with Crippen molar-refractivity contribution >= 4 is 23.1 Å². The van der Waals surface area contributed by atoms with Crippen LogP contribution in [0.2, 0.25) is 0 Å². The van der Waals surface area contributed by atoms with Gasteiger partial charge in [-0.2, -0.15) is 0 Å². The Morgan fingerprint density at radius 2 is 1.53 bits per heavy atom. The van der Waals surface area contributed by atoms with Crippen LogP contribution >= 0.6 is 0 Å². The van der Waals surface area contributed by atoms with Crippen LogP contribution in [0.15, 0.2) is 72.3 Å². The van der Waals surface area contributed by atoms with Crippen molar-refractivity contribution in [1.82, 2.24) is 0 Å². The van der Waals surface area contributed by atoms with E-state index in [-0.39, 0.29) is 16.7 Å². The summed E-state index contributed by atoms with van der Waals surface area (Å²) in [5, 5.41) is 11.5. The number of benzene rings is 3. The zero-order valence-electron chi connectivity index (χ0n) is 22.9. The number of Topliss-reactive ketones (excluding diaryl/α,β-unsaturated/α-hetero) is 1. The van der Waals surface area contributed by atoms with Crippen LogP contribution in [-0.4, -0.2) is 30.0 Å². The van der Waals surface area contributed by atoms with Gasteiger partial charge in [-0.25, -0.2) is 0 Å². The fourth-order valence-corrected chi connectivity index (χ4v) is 4.72. The van der Waals surface area contributed by atoms with E-state index in [1.807, 2.05) is 45.0 Å². The molecule has 1 N–H and O–H groups in total. The predicted octanol–water partition coefficient (Wildman–Crippen LogP) is 6.72. The van der Waals surface area contributed by atoms with Crippen molar-refractivity contribution in [3.63, 3.8) is 0 Å². The van der Waals surface area contributed by atoms with Crippen molar-refractivity contribution < 1.29 is 24.2 Å². The number of nitrogens with zero attached hydrogens (tertiary/aromatic N) is 1. The molecule has 0 aliphatic carbocycles. The SMILES string of the molecule is CCOc1ccc(N2C(=O)C(=O)/C(=C(\O)c3ccc(OCC)c(C)c3)C2c2ccc(C(C)(C)C)cc2)cc1. The summed E-state index contributed by atoms with van der Waals surface area (Å²) in [6, 6.07) is 19.4. The minimum absolute atomic E-state index is 0.0518. The van der Waals surface area contributed by atoms with Crippen LogP contribution in [0.5, 0.6) is 11.5 Å². The summed E-state index contributed by atoms with van der Waals surface area (Å²) in [4.78, 5) is 28.4. The lowest BCUT2D eigenvalue weighted by Crippen LogP contribution is -2.29. The molecule has 1 aliphatic heterocycles. The van der Waals surface area contributed by atoms with Gasteiger partial charge in [0.15, 0.2) is 0 Å². The Morgan fingerprint density at radius 1 is 0.895 bits per heavy atom. The molecule has 1 amide bonds. The van der Waals surface area contributed by atoms with Gasteiger partial charge in [-0.05, 0) is 85.3 Å². The van der Waals surface area contributed by atoms with E-state index in [2.05, 4.69) is 20.8 Å². The molecule has 1 heterocycles. The van der Waals surface area contributed by atoms with Crippen LogP contribution < -0.4 is 14.4 Å². The first-order valence-corrected chi connectivity index (χ1v) is 12.9. The standard InChI is InChI=1S/C32H35NO5/c1-7-37-25-16-14-24(15-17-25)33-28(21-9-12-23(13-10-21)32(4,5)6)27(30(35)31(33)36)29(34)22-11-18-26(38-8-2)20(3)19-22/h9-19,28,34H,7-8H2,1-6H3/b29-27-. The summed E-state index contributed by atoms with van der Waals surface area (Å²) in [6.07, 6.45) is 0. The lowest BCUT2D eigenvalue weighted by atomic mass is 9.85. The van der Waals surface area contributed by atoms with Gasteiger partial charge in [-0.1, -0.05) is 45.0 Å². The number of ketones is 1. The Balaban J connectivity index is 1.88. The second-order valence-corrected chi connectivity index (χ2v) is 10.4. The van der Waals surface area contributed by atoms with Gasteiger partial charge in [0, 0.05) is 11.3 Å². The number of hydrogen-bond donors (Lipinski definition) is 1. The molecule has 0 bridgehead atoms. The van der Waals surface area contributed by atoms with E-state index in [0.717, 1.165) is 16.7 Å². The molecule has 1 aliphatic rings. The average Bonchev–Trinajstić information content (AvgIpc) is 3.15. The number of aliphatic hydroxyl groups is 1. The Bertz CT molecular complexity index is 1360. The van der Waals surface area contributed by atoms with Crippen molar-refractivity contribution in [1.29, 1.82) is 0 Å². The lowest BCUT2D eigenvalue weighted by molar-refractivity contribution is -0.132. The fraction of sp³-hybridized carbons (Fsp3) is 0.312. The molecule has 198 valence electrons. The van der Waals surface area contributed by atoms with Gasteiger partial charge in [0.05, 0.1) is 24.8 Å². The molecule has 0 radical (unpaired) electrons. The lowest BCUT2D eigenvalue weighted by Gasteiger charge is -2.27. The zero-order chi connectivity index (χ0) is 27.6. The summed E-state index contributed by atoms with van der Waals surface area (Å²) in [5.74, 6) is -0.263. The number of ether oxygens (including phenoxy) is 2. The van der Waals surface area contributed by atoms with Crippen molar-refractivity contribution in [2.45, 2.75) is 53.0 Å². The Morgan fingerprint density at radius 3 is 2.08 bits per heavy atom. The molecule has 1 atom stereocenters. The van der Waals surface area contributed by atoms with Gasteiger partial charge in [-0.3, -0.25) is 14.5 Å². The molecule has 4 rings (SSSR count). The van der Waals surface area contributed by atoms with E-state index < -0.39 is 17.7 Å². The molecular weight excluding hydrogens is 478 g/mol. The molecule has 0 saturated carbocycles. The molecule has 1 saturated heterocycles. The number of carbonyl (C=O) groups excluding carboxylic acids is 2. The van der Waals surface area contributed by atoms with Gasteiger partial charge in [0.25, 0.3) is 11.7 Å². The molecule has 1 unspecified atom stereocenters. The van der Waals surface area contributed by atoms with E-state index in [1.54, 1.807) is 42.5 Å². The maximum atomic E-state index is 13.5. The number of amides is 1. The number of carbonyl (C=O) groups is 2. The van der Waals surface area contributed by atoms with E-state index >= 15 is 0 Å². The molecule has 0 aromatic heterocycles. The minimum atomic E-state index is -0.797. The highest BCUT2D eigenvalue weighted by molar-refractivity contribution is 6.51. The van der Waals surface area contributed by atoms with Crippen LogP contribution in [0.3, 0.4) is 0 Å². The topological polar surface area (TPSA) is 76.1 Å². The third-order valence-corrected chi connectivity index (χ3v) is 6.71. The number of anilines is 1. The second-order valence-electron chi connectivity index (χ2n) is 10.4. The molecular formula is C32H35NO5. The summed E-state index contributed by atoms with van der Waals surface area (Å²) in [7, 11) is 0. The summed E-state index contributed by atoms with van der Waals surface area (Å²) in [6.45, 7) is 13.1. The van der Waals surface area contributed by atoms with Gasteiger partial charge >= 0.3 is 0 Å². The Hall–Kier alpha value is -4.06. The zero-order valence-corrected chi connectivity index (χ0v) is 22.9.